The van der Waals surface area contributed by atoms with Crippen LogP contribution in [0, 0.1) is 6.92 Å². The molecule has 0 saturated carbocycles. The zero-order valence-electron chi connectivity index (χ0n) is 13.9. The fourth-order valence-electron chi connectivity index (χ4n) is 3.10. The first-order valence-corrected chi connectivity index (χ1v) is 8.06. The third-order valence-electron chi connectivity index (χ3n) is 4.39. The number of amides is 1. The first kappa shape index (κ1) is 18.1. The Balaban J connectivity index is 0.00000208. The van der Waals surface area contributed by atoms with E-state index in [1.54, 1.807) is 0 Å². The number of para-hydroxylation sites is 1. The zero-order valence-corrected chi connectivity index (χ0v) is 14.8. The summed E-state index contributed by atoms with van der Waals surface area (Å²) in [5, 5.41) is 0. The van der Waals surface area contributed by atoms with E-state index < -0.39 is 0 Å². The van der Waals surface area contributed by atoms with Crippen molar-refractivity contribution in [1.29, 1.82) is 0 Å². The van der Waals surface area contributed by atoms with Gasteiger partial charge >= 0.3 is 0 Å². The van der Waals surface area contributed by atoms with Crippen molar-refractivity contribution in [2.45, 2.75) is 13.3 Å². The number of hydrogen-bond acceptors (Lipinski definition) is 3. The second kappa shape index (κ2) is 8.06. The van der Waals surface area contributed by atoms with Gasteiger partial charge < -0.3 is 15.5 Å². The molecule has 0 spiro atoms. The minimum atomic E-state index is 0. The number of nitrogens with two attached hydrogens (primary N) is 1. The molecular weight excluding hydrogens is 322 g/mol. The predicted octanol–water partition coefficient (Wildman–Crippen LogP) is 2.89. The van der Waals surface area contributed by atoms with Crippen molar-refractivity contribution < 1.29 is 4.79 Å². The molecule has 1 fully saturated rings. The summed E-state index contributed by atoms with van der Waals surface area (Å²) < 4.78 is 0. The highest BCUT2D eigenvalue weighted by molar-refractivity contribution is 5.85. The van der Waals surface area contributed by atoms with Crippen LogP contribution in [0.25, 0.3) is 0 Å². The molecule has 0 radical (unpaired) electrons. The number of anilines is 2. The average Bonchev–Trinajstić information content (AvgIpc) is 2.55. The van der Waals surface area contributed by atoms with E-state index in [1.807, 2.05) is 29.2 Å². The van der Waals surface area contributed by atoms with Crippen molar-refractivity contribution >= 4 is 29.7 Å². The van der Waals surface area contributed by atoms with Crippen molar-refractivity contribution in [2.75, 3.05) is 36.8 Å². The molecule has 1 aliphatic rings. The third-order valence-corrected chi connectivity index (χ3v) is 4.39. The average molecular weight is 346 g/mol. The summed E-state index contributed by atoms with van der Waals surface area (Å²) in [5.74, 6) is 0.181. The monoisotopic (exact) mass is 345 g/mol. The SMILES string of the molecule is Cc1ccccc1N1CCN(C(=O)Cc2cccc(N)c2)CC1.Cl. The molecule has 2 aromatic carbocycles. The van der Waals surface area contributed by atoms with E-state index in [0.717, 1.165) is 31.7 Å². The molecule has 5 heteroatoms. The van der Waals surface area contributed by atoms with Crippen LogP contribution in [0.15, 0.2) is 48.5 Å². The molecule has 0 aliphatic carbocycles. The van der Waals surface area contributed by atoms with Crippen molar-refractivity contribution in [3.63, 3.8) is 0 Å². The normalized spacial score (nSPS) is 14.2. The number of rotatable bonds is 3. The standard InChI is InChI=1S/C19H23N3O.ClH/c1-15-5-2-3-8-18(15)21-9-11-22(12-10-21)19(23)14-16-6-4-7-17(20)13-16;/h2-8,13H,9-12,14,20H2,1H3;1H. The molecule has 0 bridgehead atoms. The van der Waals surface area contributed by atoms with Crippen molar-refractivity contribution in [2.24, 2.45) is 0 Å². The zero-order chi connectivity index (χ0) is 16.2. The van der Waals surface area contributed by atoms with Crippen LogP contribution < -0.4 is 10.6 Å². The minimum absolute atomic E-state index is 0. The van der Waals surface area contributed by atoms with E-state index >= 15 is 0 Å². The van der Waals surface area contributed by atoms with Gasteiger partial charge in [0.25, 0.3) is 0 Å². The Labute approximate surface area is 149 Å². The Bertz CT molecular complexity index is 697. The fraction of sp³-hybridized carbons (Fsp3) is 0.316. The Morgan fingerprint density at radius 2 is 1.75 bits per heavy atom. The lowest BCUT2D eigenvalue weighted by Gasteiger charge is -2.37. The molecule has 2 N–H and O–H groups in total. The largest absolute Gasteiger partial charge is 0.399 e. The van der Waals surface area contributed by atoms with Crippen molar-refractivity contribution in [3.05, 3.63) is 59.7 Å². The number of piperazine rings is 1. The second-order valence-electron chi connectivity index (χ2n) is 6.08. The van der Waals surface area contributed by atoms with Gasteiger partial charge in [-0.25, -0.2) is 0 Å². The fourth-order valence-corrected chi connectivity index (χ4v) is 3.10. The summed E-state index contributed by atoms with van der Waals surface area (Å²) in [5.41, 5.74) is 10.0. The number of carbonyl (C=O) groups excluding carboxylic acids is 1. The summed E-state index contributed by atoms with van der Waals surface area (Å²) >= 11 is 0. The summed E-state index contributed by atoms with van der Waals surface area (Å²) in [4.78, 5) is 16.8. The Morgan fingerprint density at radius 3 is 2.42 bits per heavy atom. The lowest BCUT2D eigenvalue weighted by molar-refractivity contribution is -0.130. The highest BCUT2D eigenvalue weighted by Crippen LogP contribution is 2.21. The maximum absolute atomic E-state index is 12.5. The van der Waals surface area contributed by atoms with Gasteiger partial charge in [-0.3, -0.25) is 4.79 Å². The lowest BCUT2D eigenvalue weighted by atomic mass is 10.1. The molecular formula is C19H24ClN3O. The van der Waals surface area contributed by atoms with Crippen molar-refractivity contribution in [3.8, 4) is 0 Å². The molecule has 24 heavy (non-hydrogen) atoms. The molecule has 128 valence electrons. The van der Waals surface area contributed by atoms with Crippen LogP contribution in [-0.2, 0) is 11.2 Å². The Morgan fingerprint density at radius 1 is 1.04 bits per heavy atom. The first-order valence-electron chi connectivity index (χ1n) is 8.06. The van der Waals surface area contributed by atoms with Gasteiger partial charge in [0.15, 0.2) is 0 Å². The highest BCUT2D eigenvalue weighted by Gasteiger charge is 2.21. The van der Waals surface area contributed by atoms with Gasteiger partial charge in [-0.1, -0.05) is 30.3 Å². The summed E-state index contributed by atoms with van der Waals surface area (Å²) in [7, 11) is 0. The molecule has 0 unspecified atom stereocenters. The van der Waals surface area contributed by atoms with Crippen LogP contribution in [0.2, 0.25) is 0 Å². The number of aryl methyl sites for hydroxylation is 1. The Kier molecular flexibility index (Phi) is 6.10. The van der Waals surface area contributed by atoms with Crippen LogP contribution in [0.3, 0.4) is 0 Å². The quantitative estimate of drug-likeness (QED) is 0.870. The third kappa shape index (κ3) is 4.20. The van der Waals surface area contributed by atoms with Crippen molar-refractivity contribution in [1.82, 2.24) is 4.90 Å². The minimum Gasteiger partial charge on any atom is -0.399 e. The van der Waals surface area contributed by atoms with Gasteiger partial charge in [0, 0.05) is 37.6 Å². The highest BCUT2D eigenvalue weighted by atomic mass is 35.5. The maximum atomic E-state index is 12.5. The van der Waals surface area contributed by atoms with E-state index in [0.29, 0.717) is 12.1 Å². The van der Waals surface area contributed by atoms with E-state index in [-0.39, 0.29) is 18.3 Å². The van der Waals surface area contributed by atoms with Gasteiger partial charge in [-0.15, -0.1) is 12.4 Å². The van der Waals surface area contributed by atoms with E-state index in [1.165, 1.54) is 11.3 Å². The van der Waals surface area contributed by atoms with Gasteiger partial charge in [-0.05, 0) is 36.2 Å². The van der Waals surface area contributed by atoms with Gasteiger partial charge in [0.2, 0.25) is 5.91 Å². The number of hydrogen-bond donors (Lipinski definition) is 1. The van der Waals surface area contributed by atoms with Crippen LogP contribution in [0.1, 0.15) is 11.1 Å². The first-order chi connectivity index (χ1) is 11.1. The molecule has 3 rings (SSSR count). The smallest absolute Gasteiger partial charge is 0.227 e. The molecule has 1 aliphatic heterocycles. The van der Waals surface area contributed by atoms with Gasteiger partial charge in [-0.2, -0.15) is 0 Å². The summed E-state index contributed by atoms with van der Waals surface area (Å²) in [6.07, 6.45) is 0.426. The number of benzene rings is 2. The van der Waals surface area contributed by atoms with Crippen LogP contribution in [0.4, 0.5) is 11.4 Å². The number of carbonyl (C=O) groups is 1. The number of nitrogen functional groups attached to an aromatic ring is 1. The lowest BCUT2D eigenvalue weighted by Crippen LogP contribution is -2.49. The van der Waals surface area contributed by atoms with Crippen LogP contribution in [0.5, 0.6) is 0 Å². The van der Waals surface area contributed by atoms with Gasteiger partial charge in [0.1, 0.15) is 0 Å². The van der Waals surface area contributed by atoms with Gasteiger partial charge in [0.05, 0.1) is 6.42 Å². The maximum Gasteiger partial charge on any atom is 0.227 e. The number of halogens is 1. The molecule has 1 saturated heterocycles. The van der Waals surface area contributed by atoms with Crippen LogP contribution in [-0.4, -0.2) is 37.0 Å². The van der Waals surface area contributed by atoms with E-state index in [2.05, 4.69) is 36.1 Å². The molecule has 2 aromatic rings. The predicted molar refractivity (Wildman–Crippen MR) is 102 cm³/mol. The summed E-state index contributed by atoms with van der Waals surface area (Å²) in [6.45, 7) is 5.44. The van der Waals surface area contributed by atoms with E-state index in [4.69, 9.17) is 5.73 Å². The summed E-state index contributed by atoms with van der Waals surface area (Å²) in [6, 6.07) is 16.0. The molecule has 4 nitrogen and oxygen atoms in total. The molecule has 0 aromatic heterocycles. The molecule has 1 heterocycles. The second-order valence-corrected chi connectivity index (χ2v) is 6.08. The molecule has 1 amide bonds. The van der Waals surface area contributed by atoms with Crippen LogP contribution >= 0.6 is 12.4 Å². The topological polar surface area (TPSA) is 49.6 Å². The van der Waals surface area contributed by atoms with E-state index in [9.17, 15) is 4.79 Å². The Hall–Kier alpha value is -2.20. The number of nitrogens with zero attached hydrogens (tertiary/aromatic N) is 2. The molecule has 0 atom stereocenters.